The van der Waals surface area contributed by atoms with Gasteiger partial charge in [-0.3, -0.25) is 0 Å². The third-order valence-electron chi connectivity index (χ3n) is 13.0. The fraction of sp³-hybridized carbons (Fsp3) is 0. The topological polar surface area (TPSA) is 69.9 Å². The van der Waals surface area contributed by atoms with Crippen LogP contribution in [0.3, 0.4) is 0 Å². The van der Waals surface area contributed by atoms with Gasteiger partial charge in [-0.05, 0) is 99.4 Å². The Hall–Kier alpha value is -8.87. The highest BCUT2D eigenvalue weighted by Crippen LogP contribution is 2.41. The smallest absolute Gasteiger partial charge is 0.164 e. The normalized spacial score (nSPS) is 12.0. The lowest BCUT2D eigenvalue weighted by atomic mass is 9.98. The van der Waals surface area contributed by atoms with E-state index in [1.807, 2.05) is 30.3 Å². The first kappa shape index (κ1) is 35.7. The van der Waals surface area contributed by atoms with Gasteiger partial charge in [0.05, 0.1) is 11.0 Å². The zero-order valence-corrected chi connectivity index (χ0v) is 34.7. The Morgan fingerprint density at radius 3 is 1.66 bits per heavy atom. The molecular formula is C59H34N4O2. The van der Waals surface area contributed by atoms with Gasteiger partial charge in [-0.2, -0.15) is 0 Å². The van der Waals surface area contributed by atoms with Crippen LogP contribution in [0.4, 0.5) is 0 Å². The average Bonchev–Trinajstić information content (AvgIpc) is 4.05. The molecule has 0 aliphatic carbocycles. The molecule has 0 aliphatic rings. The van der Waals surface area contributed by atoms with Gasteiger partial charge in [-0.15, -0.1) is 0 Å². The summed E-state index contributed by atoms with van der Waals surface area (Å²) in [5, 5.41) is 11.4. The molecule has 0 fully saturated rings. The molecule has 4 aromatic heterocycles. The molecule has 0 saturated carbocycles. The van der Waals surface area contributed by atoms with E-state index in [0.29, 0.717) is 17.5 Å². The first-order chi connectivity index (χ1) is 32.2. The maximum Gasteiger partial charge on any atom is 0.164 e. The van der Waals surface area contributed by atoms with Gasteiger partial charge < -0.3 is 13.4 Å². The fourth-order valence-electron chi connectivity index (χ4n) is 9.98. The van der Waals surface area contributed by atoms with Gasteiger partial charge in [0.25, 0.3) is 0 Å². The molecule has 6 heteroatoms. The number of aromatic nitrogens is 4. The van der Waals surface area contributed by atoms with Crippen molar-refractivity contribution in [3.63, 3.8) is 0 Å². The van der Waals surface area contributed by atoms with Crippen molar-refractivity contribution in [2.24, 2.45) is 0 Å². The molecule has 0 amide bonds. The lowest BCUT2D eigenvalue weighted by Gasteiger charge is -2.10. The highest BCUT2D eigenvalue weighted by molar-refractivity contribution is 6.15. The second-order valence-corrected chi connectivity index (χ2v) is 16.7. The number of fused-ring (bicyclic) bond motifs is 12. The van der Waals surface area contributed by atoms with Crippen molar-refractivity contribution in [2.45, 2.75) is 0 Å². The van der Waals surface area contributed by atoms with Gasteiger partial charge in [0, 0.05) is 54.7 Å². The molecule has 0 unspecified atom stereocenters. The first-order valence-electron chi connectivity index (χ1n) is 21.8. The molecule has 0 saturated heterocycles. The van der Waals surface area contributed by atoms with Gasteiger partial charge >= 0.3 is 0 Å². The lowest BCUT2D eigenvalue weighted by molar-refractivity contribution is 0.668. The Morgan fingerprint density at radius 1 is 0.308 bits per heavy atom. The Labute approximate surface area is 371 Å². The van der Waals surface area contributed by atoms with Gasteiger partial charge in [0.1, 0.15) is 22.3 Å². The van der Waals surface area contributed by atoms with E-state index in [9.17, 15) is 0 Å². The molecule has 10 aromatic carbocycles. The predicted octanol–water partition coefficient (Wildman–Crippen LogP) is 15.7. The van der Waals surface area contributed by atoms with Gasteiger partial charge in [0.15, 0.2) is 17.5 Å². The molecule has 302 valence electrons. The maximum absolute atomic E-state index is 6.71. The molecule has 0 N–H and O–H groups in total. The van der Waals surface area contributed by atoms with Crippen LogP contribution in [0.25, 0.3) is 138 Å². The standard InChI is InChI=1S/C59H34N4O2/c1-2-12-41(13-3-1)63-50-18-8-6-15-45(50)46-28-23-37(32-51(46)63)44-17-10-20-53-56(44)49-30-26-40(34-55(49)65-53)59-61-57(38-24-27-43-36(31-38)22-21-35-11-4-5-14-42(35)43)60-58(62-59)39-25-29-48-47-16-7-9-19-52(47)64-54(48)33-39/h1-34H. The molecule has 6 nitrogen and oxygen atoms in total. The van der Waals surface area contributed by atoms with E-state index in [4.69, 9.17) is 23.8 Å². The van der Waals surface area contributed by atoms with E-state index in [-0.39, 0.29) is 0 Å². The first-order valence-corrected chi connectivity index (χ1v) is 21.8. The highest BCUT2D eigenvalue weighted by Gasteiger charge is 2.20. The van der Waals surface area contributed by atoms with E-state index in [0.717, 1.165) is 88.3 Å². The summed E-state index contributed by atoms with van der Waals surface area (Å²) in [6.45, 7) is 0. The van der Waals surface area contributed by atoms with Crippen LogP contribution in [0.1, 0.15) is 0 Å². The molecule has 0 spiro atoms. The highest BCUT2D eigenvalue weighted by atomic mass is 16.3. The Kier molecular flexibility index (Phi) is 7.59. The van der Waals surface area contributed by atoms with Crippen molar-refractivity contribution in [2.75, 3.05) is 0 Å². The minimum atomic E-state index is 0.551. The maximum atomic E-state index is 6.71. The van der Waals surface area contributed by atoms with Gasteiger partial charge in [-0.25, -0.2) is 15.0 Å². The summed E-state index contributed by atoms with van der Waals surface area (Å²) in [5.74, 6) is 1.69. The van der Waals surface area contributed by atoms with Gasteiger partial charge in [0.2, 0.25) is 0 Å². The number of nitrogens with zero attached hydrogens (tertiary/aromatic N) is 4. The van der Waals surface area contributed by atoms with E-state index in [2.05, 4.69) is 180 Å². The molecule has 14 rings (SSSR count). The third kappa shape index (κ3) is 5.57. The van der Waals surface area contributed by atoms with Crippen LogP contribution in [0.15, 0.2) is 215 Å². The van der Waals surface area contributed by atoms with Crippen molar-refractivity contribution in [1.29, 1.82) is 0 Å². The Balaban J connectivity index is 0.927. The minimum absolute atomic E-state index is 0.551. The molecule has 0 radical (unpaired) electrons. The van der Waals surface area contributed by atoms with Crippen LogP contribution in [-0.4, -0.2) is 19.5 Å². The lowest BCUT2D eigenvalue weighted by Crippen LogP contribution is -2.00. The van der Waals surface area contributed by atoms with E-state index in [1.165, 1.54) is 32.4 Å². The van der Waals surface area contributed by atoms with E-state index < -0.39 is 0 Å². The molecule has 14 aromatic rings. The summed E-state index contributed by atoms with van der Waals surface area (Å²) < 4.78 is 15.4. The summed E-state index contributed by atoms with van der Waals surface area (Å²) in [6.07, 6.45) is 0. The Morgan fingerprint density at radius 2 is 0.846 bits per heavy atom. The zero-order valence-electron chi connectivity index (χ0n) is 34.7. The van der Waals surface area contributed by atoms with Crippen LogP contribution >= 0.6 is 0 Å². The minimum Gasteiger partial charge on any atom is -0.456 e. The molecule has 4 heterocycles. The Bertz CT molecular complexity index is 4250. The van der Waals surface area contributed by atoms with Crippen molar-refractivity contribution in [3.05, 3.63) is 206 Å². The van der Waals surface area contributed by atoms with Crippen LogP contribution in [-0.2, 0) is 0 Å². The van der Waals surface area contributed by atoms with Crippen molar-refractivity contribution in [1.82, 2.24) is 19.5 Å². The zero-order chi connectivity index (χ0) is 42.6. The second kappa shape index (κ2) is 13.8. The molecule has 65 heavy (non-hydrogen) atoms. The fourth-order valence-corrected chi connectivity index (χ4v) is 9.98. The van der Waals surface area contributed by atoms with Crippen molar-refractivity contribution in [3.8, 4) is 51.0 Å². The molecular weight excluding hydrogens is 797 g/mol. The number of hydrogen-bond donors (Lipinski definition) is 0. The number of para-hydroxylation sites is 3. The number of rotatable bonds is 5. The molecule has 0 aliphatic heterocycles. The van der Waals surface area contributed by atoms with Crippen molar-refractivity contribution >= 4 is 87.2 Å². The largest absolute Gasteiger partial charge is 0.456 e. The van der Waals surface area contributed by atoms with Gasteiger partial charge in [-0.1, -0.05) is 140 Å². The summed E-state index contributed by atoms with van der Waals surface area (Å²) in [5.41, 5.74) is 11.5. The van der Waals surface area contributed by atoms with Crippen LogP contribution < -0.4 is 0 Å². The number of hydrogen-bond acceptors (Lipinski definition) is 5. The predicted molar refractivity (Wildman–Crippen MR) is 265 cm³/mol. The second-order valence-electron chi connectivity index (χ2n) is 16.7. The third-order valence-corrected chi connectivity index (χ3v) is 13.0. The van der Waals surface area contributed by atoms with Crippen LogP contribution in [0.5, 0.6) is 0 Å². The van der Waals surface area contributed by atoms with Crippen LogP contribution in [0, 0.1) is 0 Å². The summed E-state index contributed by atoms with van der Waals surface area (Å²) >= 11 is 0. The summed E-state index contributed by atoms with van der Waals surface area (Å²) in [4.78, 5) is 15.5. The number of benzene rings is 10. The van der Waals surface area contributed by atoms with Crippen molar-refractivity contribution < 1.29 is 8.83 Å². The average molecular weight is 831 g/mol. The SMILES string of the molecule is c1ccc(-n2c3ccccc3c3ccc(-c4cccc5oc6cc(-c7nc(-c8ccc9c(ccc%10ccccc%109)c8)nc(-c8ccc9c(c8)oc8ccccc89)n7)ccc6c45)cc32)cc1. The summed E-state index contributed by atoms with van der Waals surface area (Å²) in [6, 6.07) is 72.3. The monoisotopic (exact) mass is 830 g/mol. The summed E-state index contributed by atoms with van der Waals surface area (Å²) in [7, 11) is 0. The quantitative estimate of drug-likeness (QED) is 0.162. The number of furan rings is 2. The van der Waals surface area contributed by atoms with Crippen LogP contribution in [0.2, 0.25) is 0 Å². The van der Waals surface area contributed by atoms with E-state index >= 15 is 0 Å². The molecule has 0 bridgehead atoms. The van der Waals surface area contributed by atoms with E-state index in [1.54, 1.807) is 0 Å². The molecule has 0 atom stereocenters.